The molecule has 0 radical (unpaired) electrons. The van der Waals surface area contributed by atoms with Crippen LogP contribution >= 0.6 is 11.6 Å². The second-order valence-corrected chi connectivity index (χ2v) is 6.16. The number of halogens is 1. The fourth-order valence-electron chi connectivity index (χ4n) is 2.70. The molecular weight excluding hydrogens is 326 g/mol. The second-order valence-electron chi connectivity index (χ2n) is 5.75. The van der Waals surface area contributed by atoms with Crippen molar-refractivity contribution in [2.45, 2.75) is 25.5 Å². The quantitative estimate of drug-likeness (QED) is 0.845. The summed E-state index contributed by atoms with van der Waals surface area (Å²) < 4.78 is 5.54. The number of rotatable bonds is 6. The van der Waals surface area contributed by atoms with Gasteiger partial charge in [-0.2, -0.15) is 0 Å². The van der Waals surface area contributed by atoms with Gasteiger partial charge in [-0.1, -0.05) is 29.8 Å². The van der Waals surface area contributed by atoms with Crippen molar-refractivity contribution < 1.29 is 14.5 Å². The summed E-state index contributed by atoms with van der Waals surface area (Å²) in [5.41, 5.74) is 1.55. The number of H-pyrrole nitrogens is 1. The first-order valence-electron chi connectivity index (χ1n) is 8.12. The number of nitrogens with one attached hydrogen (secondary N) is 3. The van der Waals surface area contributed by atoms with Crippen molar-refractivity contribution in [3.8, 4) is 0 Å². The van der Waals surface area contributed by atoms with E-state index < -0.39 is 0 Å². The van der Waals surface area contributed by atoms with E-state index in [-0.39, 0.29) is 12.0 Å². The third kappa shape index (κ3) is 4.24. The average molecular weight is 347 g/mol. The number of ether oxygens (including phenoxy) is 1. The van der Waals surface area contributed by atoms with Gasteiger partial charge in [0.05, 0.1) is 12.3 Å². The Kier molecular flexibility index (Phi) is 5.67. The van der Waals surface area contributed by atoms with E-state index in [0.717, 1.165) is 25.0 Å². The molecule has 1 aromatic carbocycles. The average Bonchev–Trinajstić information content (AvgIpc) is 3.13. The summed E-state index contributed by atoms with van der Waals surface area (Å²) in [6.07, 6.45) is 3.97. The van der Waals surface area contributed by atoms with Gasteiger partial charge in [0.2, 0.25) is 0 Å². The van der Waals surface area contributed by atoms with Gasteiger partial charge in [0.25, 0.3) is 11.7 Å². The van der Waals surface area contributed by atoms with Gasteiger partial charge >= 0.3 is 0 Å². The van der Waals surface area contributed by atoms with E-state index in [1.54, 1.807) is 12.3 Å². The highest BCUT2D eigenvalue weighted by Gasteiger charge is 2.20. The van der Waals surface area contributed by atoms with Crippen molar-refractivity contribution in [1.29, 1.82) is 0 Å². The van der Waals surface area contributed by atoms with Crippen LogP contribution < -0.4 is 15.6 Å². The molecule has 1 aliphatic rings. The van der Waals surface area contributed by atoms with Crippen molar-refractivity contribution in [3.63, 3.8) is 0 Å². The molecule has 3 rings (SSSR count). The first-order valence-corrected chi connectivity index (χ1v) is 8.49. The summed E-state index contributed by atoms with van der Waals surface area (Å²) in [6.45, 7) is 1.86. The van der Waals surface area contributed by atoms with E-state index in [1.165, 1.54) is 0 Å². The van der Waals surface area contributed by atoms with Gasteiger partial charge in [-0.25, -0.2) is 4.98 Å². The molecule has 2 heterocycles. The first-order chi connectivity index (χ1) is 11.7. The van der Waals surface area contributed by atoms with Gasteiger partial charge in [0, 0.05) is 23.7 Å². The maximum atomic E-state index is 12.4. The van der Waals surface area contributed by atoms with Crippen molar-refractivity contribution in [2.75, 3.05) is 18.5 Å². The molecule has 1 aromatic heterocycles. The third-order valence-electron chi connectivity index (χ3n) is 4.03. The minimum absolute atomic E-state index is 0.121. The first kappa shape index (κ1) is 16.7. The molecule has 3 N–H and O–H groups in total. The normalized spacial score (nSPS) is 16.8. The fourth-order valence-corrected chi connectivity index (χ4v) is 2.91. The molecule has 0 unspecified atom stereocenters. The van der Waals surface area contributed by atoms with Crippen LogP contribution in [-0.4, -0.2) is 25.2 Å². The number of carbonyl (C=O) groups excluding carboxylic acids is 1. The summed E-state index contributed by atoms with van der Waals surface area (Å²) in [5.74, 6) is 0.547. The van der Waals surface area contributed by atoms with Crippen LogP contribution in [0, 0.1) is 0 Å². The van der Waals surface area contributed by atoms with E-state index in [1.807, 2.05) is 30.3 Å². The number of carbonyl (C=O) groups is 1. The Morgan fingerprint density at radius 2 is 2.17 bits per heavy atom. The molecule has 24 heavy (non-hydrogen) atoms. The topological polar surface area (TPSA) is 64.5 Å². The van der Waals surface area contributed by atoms with Gasteiger partial charge in [0.1, 0.15) is 12.1 Å². The number of aromatic amines is 1. The van der Waals surface area contributed by atoms with Gasteiger partial charge < -0.3 is 10.1 Å². The molecule has 6 heteroatoms. The van der Waals surface area contributed by atoms with Crippen molar-refractivity contribution >= 4 is 23.3 Å². The van der Waals surface area contributed by atoms with E-state index in [9.17, 15) is 4.79 Å². The highest BCUT2D eigenvalue weighted by molar-refractivity contribution is 6.31. The molecule has 1 saturated heterocycles. The smallest absolute Gasteiger partial charge is 0.285 e. The second kappa shape index (κ2) is 8.13. The predicted molar refractivity (Wildman–Crippen MR) is 93.1 cm³/mol. The predicted octanol–water partition coefficient (Wildman–Crippen LogP) is 2.68. The Morgan fingerprint density at radius 3 is 2.96 bits per heavy atom. The summed E-state index contributed by atoms with van der Waals surface area (Å²) in [5, 5.41) is 6.89. The van der Waals surface area contributed by atoms with Crippen LogP contribution in [0.4, 0.5) is 5.82 Å². The monoisotopic (exact) mass is 346 g/mol. The van der Waals surface area contributed by atoms with E-state index in [4.69, 9.17) is 16.3 Å². The Hall–Kier alpha value is -2.11. The highest BCUT2D eigenvalue weighted by Crippen LogP contribution is 2.17. The van der Waals surface area contributed by atoms with Crippen LogP contribution in [0.15, 0.2) is 42.6 Å². The molecule has 1 fully saturated rings. The molecule has 0 bridgehead atoms. The van der Waals surface area contributed by atoms with E-state index in [2.05, 4.69) is 15.6 Å². The Balaban J connectivity index is 1.63. The fraction of sp³-hybridized carbons (Fsp3) is 0.333. The SMILES string of the molecule is O=C(NC[C@@H]1CCCO1)c1ccc[nH+]c1NCc1ccccc1Cl. The number of amides is 1. The molecule has 2 aromatic rings. The number of anilines is 1. The zero-order chi connectivity index (χ0) is 16.8. The van der Waals surface area contributed by atoms with Gasteiger partial charge in [-0.05, 0) is 31.0 Å². The van der Waals surface area contributed by atoms with Crippen molar-refractivity contribution in [2.24, 2.45) is 0 Å². The standard InChI is InChI=1S/C18H20ClN3O2/c19-16-8-2-1-5-13(16)11-21-17-15(7-3-9-20-17)18(23)22-12-14-6-4-10-24-14/h1-3,5,7-9,14H,4,6,10-12H2,(H,20,21)(H,22,23)/p+1/t14-/m0/s1. The number of pyridine rings is 1. The van der Waals surface area contributed by atoms with Crippen LogP contribution in [0.1, 0.15) is 28.8 Å². The number of aromatic nitrogens is 1. The molecule has 0 saturated carbocycles. The lowest BCUT2D eigenvalue weighted by Crippen LogP contribution is -2.33. The van der Waals surface area contributed by atoms with Crippen LogP contribution in [0.3, 0.4) is 0 Å². The molecule has 1 amide bonds. The lowest BCUT2D eigenvalue weighted by molar-refractivity contribution is -0.361. The van der Waals surface area contributed by atoms with Crippen molar-refractivity contribution in [1.82, 2.24) is 5.32 Å². The van der Waals surface area contributed by atoms with Crippen LogP contribution in [-0.2, 0) is 11.3 Å². The lowest BCUT2D eigenvalue weighted by Gasteiger charge is -2.11. The van der Waals surface area contributed by atoms with Crippen LogP contribution in [0.2, 0.25) is 5.02 Å². The maximum Gasteiger partial charge on any atom is 0.285 e. The maximum absolute atomic E-state index is 12.4. The molecular formula is C18H21ClN3O2+. The number of benzene rings is 1. The van der Waals surface area contributed by atoms with Crippen molar-refractivity contribution in [3.05, 3.63) is 58.7 Å². The van der Waals surface area contributed by atoms with Gasteiger partial charge in [0.15, 0.2) is 0 Å². The molecule has 1 atom stereocenters. The summed E-state index contributed by atoms with van der Waals surface area (Å²) in [7, 11) is 0. The van der Waals surface area contributed by atoms with Gasteiger partial charge in [-0.15, -0.1) is 0 Å². The lowest BCUT2D eigenvalue weighted by atomic mass is 10.2. The van der Waals surface area contributed by atoms with Crippen LogP contribution in [0.25, 0.3) is 0 Å². The third-order valence-corrected chi connectivity index (χ3v) is 4.40. The van der Waals surface area contributed by atoms with E-state index in [0.29, 0.717) is 29.5 Å². The summed E-state index contributed by atoms with van der Waals surface area (Å²) in [4.78, 5) is 15.5. The molecule has 0 spiro atoms. The Labute approximate surface area is 146 Å². The largest absolute Gasteiger partial charge is 0.376 e. The molecule has 0 aliphatic carbocycles. The molecule has 1 aliphatic heterocycles. The zero-order valence-corrected chi connectivity index (χ0v) is 14.1. The minimum atomic E-state index is -0.121. The molecule has 126 valence electrons. The summed E-state index contributed by atoms with van der Waals surface area (Å²) >= 11 is 6.17. The molecule has 5 nitrogen and oxygen atoms in total. The van der Waals surface area contributed by atoms with Crippen LogP contribution in [0.5, 0.6) is 0 Å². The van der Waals surface area contributed by atoms with Gasteiger partial charge in [-0.3, -0.25) is 10.1 Å². The highest BCUT2D eigenvalue weighted by atomic mass is 35.5. The Bertz CT molecular complexity index is 702. The number of hydrogen-bond acceptors (Lipinski definition) is 3. The summed E-state index contributed by atoms with van der Waals surface area (Å²) in [6, 6.07) is 11.2. The zero-order valence-electron chi connectivity index (χ0n) is 13.3. The van der Waals surface area contributed by atoms with E-state index >= 15 is 0 Å². The minimum Gasteiger partial charge on any atom is -0.376 e. The Morgan fingerprint density at radius 1 is 1.29 bits per heavy atom. The number of hydrogen-bond donors (Lipinski definition) is 2.